The second-order valence-electron chi connectivity index (χ2n) is 22.4. The van der Waals surface area contributed by atoms with Crippen molar-refractivity contribution in [1.82, 2.24) is 10.3 Å². The van der Waals surface area contributed by atoms with Crippen molar-refractivity contribution in [2.75, 3.05) is 14.2 Å². The minimum atomic E-state index is -0.695. The molecule has 0 saturated heterocycles. The summed E-state index contributed by atoms with van der Waals surface area (Å²) in [4.78, 5) is 23.5. The molecule has 8 aromatic rings. The van der Waals surface area contributed by atoms with Crippen LogP contribution >= 0.6 is 81.2 Å². The second kappa shape index (κ2) is 33.5. The fourth-order valence-electron chi connectivity index (χ4n) is 10.9. The van der Waals surface area contributed by atoms with Crippen LogP contribution in [0.1, 0.15) is 148 Å². The highest BCUT2D eigenvalue weighted by Crippen LogP contribution is 2.58. The van der Waals surface area contributed by atoms with Gasteiger partial charge in [0.05, 0.1) is 56.9 Å². The number of rotatable bonds is 19. The number of nitrogens with zero attached hydrogens (tertiary/aromatic N) is 2. The lowest BCUT2D eigenvalue weighted by Gasteiger charge is -2.31. The van der Waals surface area contributed by atoms with Gasteiger partial charge in [0.15, 0.2) is 0 Å². The number of benzene rings is 6. The van der Waals surface area contributed by atoms with Gasteiger partial charge in [-0.25, -0.2) is 9.59 Å². The summed E-state index contributed by atoms with van der Waals surface area (Å²) in [5, 5.41) is 21.1. The molecule has 4 unspecified atom stereocenters. The zero-order valence-electron chi connectivity index (χ0n) is 49.6. The zero-order chi connectivity index (χ0) is 65.2. The molecule has 0 aliphatic heterocycles. The van der Waals surface area contributed by atoms with Crippen LogP contribution in [-0.4, -0.2) is 135 Å². The number of phenols is 1. The van der Waals surface area contributed by atoms with Crippen molar-refractivity contribution in [3.63, 3.8) is 0 Å². The van der Waals surface area contributed by atoms with Gasteiger partial charge in [-0.05, 0) is 144 Å². The summed E-state index contributed by atoms with van der Waals surface area (Å²) >= 11 is 44.2. The van der Waals surface area contributed by atoms with Gasteiger partial charge in [0.2, 0.25) is 0 Å². The Kier molecular flexibility index (Phi) is 27.1. The first kappa shape index (κ1) is 73.6. The monoisotopic (exact) mass is 1330 g/mol. The Bertz CT molecular complexity index is 3760. The number of methoxy groups -OCH3 is 2. The van der Waals surface area contributed by atoms with E-state index in [-0.39, 0.29) is 49.9 Å². The number of alkyl halides is 1. The lowest BCUT2D eigenvalue weighted by molar-refractivity contribution is 0.0591. The number of hydrogen-bond acceptors (Lipinski definition) is 10. The van der Waals surface area contributed by atoms with Gasteiger partial charge in [-0.3, -0.25) is 0 Å². The molecule has 1 N–H and O–H groups in total. The summed E-state index contributed by atoms with van der Waals surface area (Å²) in [6, 6.07) is 36.7. The minimum absolute atomic E-state index is 0. The van der Waals surface area contributed by atoms with Gasteiger partial charge in [0, 0.05) is 132 Å². The van der Waals surface area contributed by atoms with Gasteiger partial charge in [-0.1, -0.05) is 150 Å². The van der Waals surface area contributed by atoms with Crippen molar-refractivity contribution in [1.29, 1.82) is 0 Å². The number of halogens is 7. The number of hydrogen-bond donors (Lipinski definition) is 1. The lowest BCUT2D eigenvalue weighted by atomic mass is 8.50. The van der Waals surface area contributed by atoms with E-state index in [0.29, 0.717) is 105 Å². The van der Waals surface area contributed by atoms with Crippen molar-refractivity contribution in [2.45, 2.75) is 95.0 Å². The van der Waals surface area contributed by atoms with Gasteiger partial charge in [0.25, 0.3) is 0 Å². The molecule has 3 aliphatic rings. The summed E-state index contributed by atoms with van der Waals surface area (Å²) < 4.78 is 26.9. The van der Waals surface area contributed by atoms with Crippen LogP contribution in [0.5, 0.6) is 11.5 Å². The van der Waals surface area contributed by atoms with Crippen molar-refractivity contribution < 1.29 is 38.0 Å². The quantitative estimate of drug-likeness (QED) is 0.0474. The topological polar surface area (TPSA) is 134 Å². The van der Waals surface area contributed by atoms with Crippen LogP contribution in [0.3, 0.4) is 0 Å². The Labute approximate surface area is 580 Å². The van der Waals surface area contributed by atoms with Gasteiger partial charge >= 0.3 is 11.9 Å². The van der Waals surface area contributed by atoms with Crippen molar-refractivity contribution >= 4 is 186 Å². The average molecular weight is 1330 g/mol. The molecule has 445 valence electrons. The zero-order valence-corrected chi connectivity index (χ0v) is 54.9. The van der Waals surface area contributed by atoms with Gasteiger partial charge < -0.3 is 28.4 Å². The maximum atomic E-state index is 11.9. The molecule has 30 heteroatoms. The van der Waals surface area contributed by atoms with Crippen molar-refractivity contribution in [3.05, 3.63) is 207 Å². The molecule has 10 nitrogen and oxygen atoms in total. The van der Waals surface area contributed by atoms with Crippen LogP contribution in [0.15, 0.2) is 130 Å². The fraction of sp³-hybridized carbons (Fsp3) is 0.279. The third-order valence-corrected chi connectivity index (χ3v) is 18.0. The molecule has 0 bridgehead atoms. The predicted molar refractivity (Wildman–Crippen MR) is 386 cm³/mol. The van der Waals surface area contributed by atoms with E-state index in [2.05, 4.69) is 10.3 Å². The number of esters is 2. The van der Waals surface area contributed by atoms with Crippen LogP contribution in [0.4, 0.5) is 0 Å². The van der Waals surface area contributed by atoms with Gasteiger partial charge in [-0.2, -0.15) is 0 Å². The highest BCUT2D eigenvalue weighted by Gasteiger charge is 2.42. The summed E-state index contributed by atoms with van der Waals surface area (Å²) in [6.07, 6.45) is 1.35. The molecule has 91 heavy (non-hydrogen) atoms. The van der Waals surface area contributed by atoms with Crippen molar-refractivity contribution in [3.8, 4) is 34.0 Å². The number of phenolic OH excluding ortho intramolecular Hbond substituents is 1. The van der Waals surface area contributed by atoms with E-state index in [9.17, 15) is 14.7 Å². The molecule has 3 aliphatic carbocycles. The van der Waals surface area contributed by atoms with Crippen LogP contribution in [0, 0.1) is 0 Å². The molecule has 0 spiro atoms. The second-order valence-corrected chi connectivity index (χ2v) is 25.1. The Balaban J connectivity index is 0.000000188. The van der Waals surface area contributed by atoms with E-state index in [4.69, 9.17) is 159 Å². The number of carbonyl (C=O) groups is 2. The Morgan fingerprint density at radius 2 is 1.08 bits per heavy atom. The summed E-state index contributed by atoms with van der Waals surface area (Å²) in [5.41, 5.74) is 9.71. The van der Waals surface area contributed by atoms with Gasteiger partial charge in [0.1, 0.15) is 41.0 Å². The maximum Gasteiger partial charge on any atom is 0.337 e. The molecule has 3 saturated carbocycles. The van der Waals surface area contributed by atoms with E-state index in [1.807, 2.05) is 74.5 Å². The highest BCUT2D eigenvalue weighted by atomic mass is 35.5. The molecule has 2 aromatic heterocycles. The lowest BCUT2D eigenvalue weighted by Crippen LogP contribution is -2.69. The molecule has 15 radical (unpaired) electrons. The Morgan fingerprint density at radius 3 is 1.48 bits per heavy atom. The van der Waals surface area contributed by atoms with E-state index < -0.39 is 25.5 Å². The van der Waals surface area contributed by atoms with E-state index in [1.54, 1.807) is 60.7 Å². The number of aromatic nitrogens is 2. The van der Waals surface area contributed by atoms with E-state index in [1.165, 1.54) is 21.3 Å². The van der Waals surface area contributed by atoms with Crippen LogP contribution in [0.25, 0.3) is 22.5 Å². The first-order valence-corrected chi connectivity index (χ1v) is 31.6. The molecular weight excluding hydrogens is 1280 g/mol. The number of carbonyl (C=O) groups excluding carboxylic acids is 2. The van der Waals surface area contributed by atoms with Crippen LogP contribution < -0.4 is 4.74 Å². The highest BCUT2D eigenvalue weighted by molar-refractivity contribution is 8.07. The SMILES string of the molecule is C.COC(=O)c1cccc(C2CC2c2ccc(O)cc2Cl)c1.COC(=O)c1cccc(C2CC2c2ccc(OCc3c(-c4c(Cl)cccc4Cl)noc3C(C)C)cc2Cl)c1.ClCc1c(-c2c(Cl)cccc2Cl)noc1C1CC1.[B][B]B(B([B])[B])B(B([B])[B])B([B])[B]. The van der Waals surface area contributed by atoms with E-state index >= 15 is 0 Å². The average Bonchev–Trinajstić information content (AvgIpc) is 1.65. The summed E-state index contributed by atoms with van der Waals surface area (Å²) in [5.74, 6) is 3.94. The fourth-order valence-corrected chi connectivity index (χ4v) is 12.9. The first-order valence-electron chi connectivity index (χ1n) is 28.8. The normalized spacial score (nSPS) is 15.7. The molecular formula is C61H55B13Cl7N2O8. The Morgan fingerprint density at radius 1 is 0.615 bits per heavy atom. The molecule has 6 aromatic carbocycles. The summed E-state index contributed by atoms with van der Waals surface area (Å²) in [6.45, 7) is 4.27. The van der Waals surface area contributed by atoms with Crippen LogP contribution in [0.2, 0.25) is 30.1 Å². The first-order chi connectivity index (χ1) is 43.0. The standard InChI is InChI=1S/C30H26Cl3NO4.C17H15ClO3.C13H10Cl3NO.CH4.B13/c1-16(2)29-23(28(34-38-29)27-24(31)8-5-9-25(27)32)15-37-19-10-11-20(26(33)13-19)22-14-21(22)17-6-4-7-18(12-17)30(35)36-3;1-21-17(20)11-4-2-3-10(7-11)14-9-15(14)13-6-5-12(19)8-16(13)18;14-6-8-12(17-18-13(8)7-4-5-7)11-9(15)2-1-3-10(11)16;;1-8-12(9(2)3)13(10(4)5)11(6)7/h4-13,16,21-22H,14-15H2,1-3H3;2-8,14-15,19H,9H2,1H3;1-3,7H,4-6H2;1H4;. The Hall–Kier alpha value is -4.85. The summed E-state index contributed by atoms with van der Waals surface area (Å²) in [7, 11) is 42.3. The minimum Gasteiger partial charge on any atom is -0.508 e. The molecule has 0 amide bonds. The number of ether oxygens (including phenoxy) is 3. The largest absolute Gasteiger partial charge is 0.508 e. The third kappa shape index (κ3) is 18.3. The molecule has 2 heterocycles. The maximum absolute atomic E-state index is 11.9. The smallest absolute Gasteiger partial charge is 0.337 e. The van der Waals surface area contributed by atoms with Crippen LogP contribution in [-0.2, 0) is 22.0 Å². The molecule has 3 fully saturated rings. The predicted octanol–water partition coefficient (Wildman–Crippen LogP) is 14.1. The molecule has 4 atom stereocenters. The number of aromatic hydroxyl groups is 1. The van der Waals surface area contributed by atoms with E-state index in [0.717, 1.165) is 64.8 Å². The van der Waals surface area contributed by atoms with Gasteiger partial charge in [-0.15, -0.1) is 11.6 Å². The molecule has 11 rings (SSSR count). The van der Waals surface area contributed by atoms with Crippen molar-refractivity contribution in [2.24, 2.45) is 0 Å². The third-order valence-electron chi connectivity index (χ3n) is 15.8.